The third-order valence-corrected chi connectivity index (χ3v) is 6.17. The van der Waals surface area contributed by atoms with Crippen LogP contribution in [0.2, 0.25) is 0 Å². The van der Waals surface area contributed by atoms with E-state index >= 15 is 0 Å². The van der Waals surface area contributed by atoms with Gasteiger partial charge in [-0.25, -0.2) is 9.78 Å². The molecule has 1 aromatic heterocycles. The Hall–Kier alpha value is -2.90. The highest BCUT2D eigenvalue weighted by Gasteiger charge is 2.52. The fraction of sp³-hybridized carbons (Fsp3) is 0.545. The van der Waals surface area contributed by atoms with Gasteiger partial charge in [-0.1, -0.05) is 38.8 Å². The minimum absolute atomic E-state index is 0.114. The van der Waals surface area contributed by atoms with Crippen molar-refractivity contribution in [1.29, 1.82) is 0 Å². The van der Waals surface area contributed by atoms with Crippen LogP contribution in [0.4, 0.5) is 4.79 Å². The third-order valence-electron chi connectivity index (χ3n) is 6.17. The van der Waals surface area contributed by atoms with Gasteiger partial charge >= 0.3 is 6.03 Å². The Bertz CT molecular complexity index is 928. The molecule has 0 unspecified atom stereocenters. The number of urea groups is 1. The molecule has 0 radical (unpaired) electrons. The van der Waals surface area contributed by atoms with Gasteiger partial charge < -0.3 is 15.6 Å². The Morgan fingerprint density at radius 3 is 2.67 bits per heavy atom. The maximum atomic E-state index is 12.7. The zero-order chi connectivity index (χ0) is 21.3. The number of benzene rings is 1. The highest BCUT2D eigenvalue weighted by atomic mass is 16.2. The van der Waals surface area contributed by atoms with Crippen LogP contribution in [-0.4, -0.2) is 44.8 Å². The van der Waals surface area contributed by atoms with E-state index in [9.17, 15) is 14.4 Å². The summed E-state index contributed by atoms with van der Waals surface area (Å²) in [6, 6.07) is 7.21. The van der Waals surface area contributed by atoms with Gasteiger partial charge in [-0.2, -0.15) is 0 Å². The van der Waals surface area contributed by atoms with Gasteiger partial charge in [0.2, 0.25) is 5.91 Å². The maximum absolute atomic E-state index is 12.7. The van der Waals surface area contributed by atoms with E-state index in [1.54, 1.807) is 0 Å². The van der Waals surface area contributed by atoms with Crippen molar-refractivity contribution in [3.8, 4) is 0 Å². The van der Waals surface area contributed by atoms with Crippen LogP contribution in [-0.2, 0) is 9.59 Å². The van der Waals surface area contributed by atoms with Gasteiger partial charge in [0.15, 0.2) is 0 Å². The summed E-state index contributed by atoms with van der Waals surface area (Å²) in [5.74, 6) is 0.643. The van der Waals surface area contributed by atoms with E-state index in [1.165, 1.54) is 4.90 Å². The van der Waals surface area contributed by atoms with Gasteiger partial charge in [-0.3, -0.25) is 14.5 Å². The molecule has 1 aliphatic carbocycles. The van der Waals surface area contributed by atoms with E-state index in [0.29, 0.717) is 19.3 Å². The first kappa shape index (κ1) is 20.4. The van der Waals surface area contributed by atoms with Crippen LogP contribution in [0.25, 0.3) is 11.0 Å². The summed E-state index contributed by atoms with van der Waals surface area (Å²) in [7, 11) is 0. The molecule has 8 heteroatoms. The van der Waals surface area contributed by atoms with Crippen molar-refractivity contribution in [3.05, 3.63) is 30.1 Å². The number of aromatic amines is 1. The van der Waals surface area contributed by atoms with E-state index in [0.717, 1.165) is 29.7 Å². The van der Waals surface area contributed by atoms with Crippen molar-refractivity contribution in [2.24, 2.45) is 5.92 Å². The van der Waals surface area contributed by atoms with Crippen molar-refractivity contribution in [3.63, 3.8) is 0 Å². The number of hydrogen-bond acceptors (Lipinski definition) is 4. The lowest BCUT2D eigenvalue weighted by Crippen LogP contribution is -2.44. The Kier molecular flexibility index (Phi) is 5.49. The average molecular weight is 412 g/mol. The van der Waals surface area contributed by atoms with Crippen LogP contribution in [0.15, 0.2) is 24.3 Å². The first-order valence-electron chi connectivity index (χ1n) is 10.8. The topological polar surface area (TPSA) is 107 Å². The summed E-state index contributed by atoms with van der Waals surface area (Å²) in [6.45, 7) is 4.33. The molecule has 30 heavy (non-hydrogen) atoms. The number of carbonyl (C=O) groups is 3. The molecule has 2 heterocycles. The number of rotatable bonds is 7. The molecule has 3 N–H and O–H groups in total. The number of fused-ring (bicyclic) bond motifs is 1. The number of nitrogens with zero attached hydrogens (tertiary/aromatic N) is 2. The molecule has 4 amide bonds. The largest absolute Gasteiger partial charge is 0.346 e. The van der Waals surface area contributed by atoms with Crippen LogP contribution in [0.5, 0.6) is 0 Å². The van der Waals surface area contributed by atoms with Gasteiger partial charge in [0.05, 0.1) is 17.1 Å². The molecule has 0 bridgehead atoms. The summed E-state index contributed by atoms with van der Waals surface area (Å²) >= 11 is 0. The van der Waals surface area contributed by atoms with Gasteiger partial charge in [-0.05, 0) is 37.3 Å². The third kappa shape index (κ3) is 3.78. The molecule has 2 aromatic rings. The fourth-order valence-electron chi connectivity index (χ4n) is 4.51. The lowest BCUT2D eigenvalue weighted by atomic mass is 9.98. The Labute approximate surface area is 175 Å². The molecule has 1 aromatic carbocycles. The van der Waals surface area contributed by atoms with Crippen molar-refractivity contribution < 1.29 is 14.4 Å². The van der Waals surface area contributed by atoms with Crippen LogP contribution >= 0.6 is 0 Å². The second-order valence-corrected chi connectivity index (χ2v) is 8.71. The number of para-hydroxylation sites is 2. The normalized spacial score (nSPS) is 19.1. The molecule has 8 nitrogen and oxygen atoms in total. The minimum atomic E-state index is -0.691. The van der Waals surface area contributed by atoms with E-state index < -0.39 is 5.54 Å². The predicted molar refractivity (Wildman–Crippen MR) is 112 cm³/mol. The molecule has 2 fully saturated rings. The molecule has 1 spiro atoms. The summed E-state index contributed by atoms with van der Waals surface area (Å²) < 4.78 is 0. The van der Waals surface area contributed by atoms with Crippen molar-refractivity contribution in [2.75, 3.05) is 6.54 Å². The molecular weight excluding hydrogens is 382 g/mol. The summed E-state index contributed by atoms with van der Waals surface area (Å²) in [6.07, 6.45) is 4.02. The smallest absolute Gasteiger partial charge is 0.325 e. The highest BCUT2D eigenvalue weighted by molar-refractivity contribution is 6.07. The molecular formula is C22H29N5O3. The molecule has 1 saturated carbocycles. The van der Waals surface area contributed by atoms with Gasteiger partial charge in [-0.15, -0.1) is 0 Å². The van der Waals surface area contributed by atoms with Crippen molar-refractivity contribution >= 4 is 28.9 Å². The lowest BCUT2D eigenvalue weighted by molar-refractivity contribution is -0.131. The monoisotopic (exact) mass is 411 g/mol. The standard InChI is InChI=1S/C22H29N5O3/c1-14(2)18(19-23-15-8-3-4-9-16(15)24-19)25-17(28)10-7-13-27-20(29)22(26-21(27)30)11-5-6-12-22/h3-4,8-9,14,18H,5-7,10-13H2,1-2H3,(H,23,24)(H,25,28)(H,26,30)/t18-/m0/s1. The molecule has 1 aliphatic heterocycles. The van der Waals surface area contributed by atoms with Gasteiger partial charge in [0.1, 0.15) is 11.4 Å². The quantitative estimate of drug-likeness (QED) is 0.609. The first-order valence-corrected chi connectivity index (χ1v) is 10.8. The molecule has 2 aliphatic rings. The van der Waals surface area contributed by atoms with Crippen LogP contribution in [0, 0.1) is 5.92 Å². The number of imide groups is 1. The van der Waals surface area contributed by atoms with E-state index in [-0.39, 0.29) is 42.8 Å². The van der Waals surface area contributed by atoms with E-state index in [1.807, 2.05) is 38.1 Å². The first-order chi connectivity index (χ1) is 14.4. The van der Waals surface area contributed by atoms with Crippen LogP contribution < -0.4 is 10.6 Å². The lowest BCUT2D eigenvalue weighted by Gasteiger charge is -2.21. The van der Waals surface area contributed by atoms with Gasteiger partial charge in [0, 0.05) is 13.0 Å². The van der Waals surface area contributed by atoms with E-state index in [2.05, 4.69) is 20.6 Å². The Balaban J connectivity index is 1.33. The zero-order valence-corrected chi connectivity index (χ0v) is 17.5. The molecule has 1 atom stereocenters. The fourth-order valence-corrected chi connectivity index (χ4v) is 4.51. The van der Waals surface area contributed by atoms with Crippen molar-refractivity contribution in [1.82, 2.24) is 25.5 Å². The predicted octanol–water partition coefficient (Wildman–Crippen LogP) is 3.02. The number of nitrogens with one attached hydrogen (secondary N) is 3. The second kappa shape index (κ2) is 8.08. The Morgan fingerprint density at radius 1 is 1.23 bits per heavy atom. The second-order valence-electron chi connectivity index (χ2n) is 8.71. The SMILES string of the molecule is CC(C)[C@H](NC(=O)CCCN1C(=O)NC2(CCCC2)C1=O)c1nc2ccccc2[nH]1. The number of H-pyrrole nitrogens is 1. The number of aromatic nitrogens is 2. The summed E-state index contributed by atoms with van der Waals surface area (Å²) in [5.41, 5.74) is 1.11. The Morgan fingerprint density at radius 2 is 1.97 bits per heavy atom. The molecule has 1 saturated heterocycles. The average Bonchev–Trinajstić information content (AvgIpc) is 3.40. The summed E-state index contributed by atoms with van der Waals surface area (Å²) in [5, 5.41) is 5.93. The molecule has 160 valence electrons. The number of carbonyl (C=O) groups excluding carboxylic acids is 3. The summed E-state index contributed by atoms with van der Waals surface area (Å²) in [4.78, 5) is 46.7. The van der Waals surface area contributed by atoms with Gasteiger partial charge in [0.25, 0.3) is 5.91 Å². The molecule has 4 rings (SSSR count). The zero-order valence-electron chi connectivity index (χ0n) is 17.5. The van der Waals surface area contributed by atoms with E-state index in [4.69, 9.17) is 0 Å². The van der Waals surface area contributed by atoms with Crippen molar-refractivity contribution in [2.45, 2.75) is 64.0 Å². The highest BCUT2D eigenvalue weighted by Crippen LogP contribution is 2.35. The number of amides is 4. The minimum Gasteiger partial charge on any atom is -0.346 e. The van der Waals surface area contributed by atoms with Crippen LogP contribution in [0.1, 0.15) is 64.2 Å². The number of imidazole rings is 1. The maximum Gasteiger partial charge on any atom is 0.325 e. The number of hydrogen-bond donors (Lipinski definition) is 3. The van der Waals surface area contributed by atoms with Crippen LogP contribution in [0.3, 0.4) is 0 Å².